The molecule has 0 saturated carbocycles. The van der Waals surface area contributed by atoms with Crippen LogP contribution < -0.4 is 10.6 Å². The number of nitrogens with one attached hydrogen (secondary N) is 2. The number of nitrogens with zero attached hydrogens (tertiary/aromatic N) is 2. The molecule has 0 spiro atoms. The fourth-order valence-corrected chi connectivity index (χ4v) is 2.72. The molecule has 122 valence electrons. The van der Waals surface area contributed by atoms with E-state index in [-0.39, 0.29) is 0 Å². The molecular formula is C16H18F2N4O. The van der Waals surface area contributed by atoms with Gasteiger partial charge in [-0.3, -0.25) is 10.00 Å². The summed E-state index contributed by atoms with van der Waals surface area (Å²) >= 11 is 0. The van der Waals surface area contributed by atoms with E-state index >= 15 is 0 Å². The van der Waals surface area contributed by atoms with Gasteiger partial charge in [0.1, 0.15) is 6.04 Å². The summed E-state index contributed by atoms with van der Waals surface area (Å²) in [6.45, 7) is 0.822. The van der Waals surface area contributed by atoms with E-state index in [2.05, 4.69) is 15.7 Å². The second-order valence-corrected chi connectivity index (χ2v) is 5.52. The lowest BCUT2D eigenvalue weighted by molar-refractivity contribution is 0.103. The lowest BCUT2D eigenvalue weighted by Gasteiger charge is -2.18. The number of fused-ring (bicyclic) bond motifs is 1. The van der Waals surface area contributed by atoms with Crippen molar-refractivity contribution in [3.8, 4) is 0 Å². The standard InChI is InChI=1S/C16H18F2N4O/c17-15(18)14(11-6-2-1-3-7-11)20-16(23)19-13-10-12-8-4-5-9-22(12)21-13/h1-3,6-7,10,14-15H,4-5,8-9H2,(H2,19,20,21,23)/t14-/m1/s1. The highest BCUT2D eigenvalue weighted by Crippen LogP contribution is 2.21. The summed E-state index contributed by atoms with van der Waals surface area (Å²) in [6, 6.07) is 7.93. The van der Waals surface area contributed by atoms with E-state index < -0.39 is 18.5 Å². The number of carbonyl (C=O) groups is 1. The van der Waals surface area contributed by atoms with Gasteiger partial charge in [-0.15, -0.1) is 0 Å². The van der Waals surface area contributed by atoms with E-state index in [1.807, 2.05) is 4.68 Å². The number of rotatable bonds is 4. The molecule has 2 heterocycles. The van der Waals surface area contributed by atoms with Crippen molar-refractivity contribution in [1.29, 1.82) is 0 Å². The largest absolute Gasteiger partial charge is 0.325 e. The van der Waals surface area contributed by atoms with E-state index in [0.717, 1.165) is 31.5 Å². The number of anilines is 1. The number of benzene rings is 1. The summed E-state index contributed by atoms with van der Waals surface area (Å²) < 4.78 is 28.3. The fourth-order valence-electron chi connectivity index (χ4n) is 2.72. The van der Waals surface area contributed by atoms with Gasteiger partial charge in [-0.1, -0.05) is 30.3 Å². The Morgan fingerprint density at radius 2 is 2.00 bits per heavy atom. The first-order valence-corrected chi connectivity index (χ1v) is 7.61. The summed E-state index contributed by atoms with van der Waals surface area (Å²) in [5.74, 6) is 0.389. The minimum atomic E-state index is -2.70. The molecule has 23 heavy (non-hydrogen) atoms. The first kappa shape index (κ1) is 15.5. The Hall–Kier alpha value is -2.44. The minimum absolute atomic E-state index is 0.363. The van der Waals surface area contributed by atoms with Crippen LogP contribution in [0.15, 0.2) is 36.4 Å². The molecule has 0 bridgehead atoms. The number of hydrogen-bond acceptors (Lipinski definition) is 2. The van der Waals surface area contributed by atoms with Crippen molar-refractivity contribution >= 4 is 11.8 Å². The van der Waals surface area contributed by atoms with E-state index in [4.69, 9.17) is 0 Å². The molecule has 0 fully saturated rings. The van der Waals surface area contributed by atoms with Gasteiger partial charge in [0.25, 0.3) is 6.43 Å². The molecule has 2 amide bonds. The smallest absolute Gasteiger partial charge is 0.321 e. The summed E-state index contributed by atoms with van der Waals surface area (Å²) in [5.41, 5.74) is 1.42. The highest BCUT2D eigenvalue weighted by molar-refractivity contribution is 5.88. The van der Waals surface area contributed by atoms with Crippen LogP contribution in [-0.4, -0.2) is 22.2 Å². The molecule has 1 aromatic heterocycles. The third-order valence-corrected chi connectivity index (χ3v) is 3.86. The molecule has 1 aliphatic heterocycles. The van der Waals surface area contributed by atoms with Gasteiger partial charge in [-0.05, 0) is 24.8 Å². The van der Waals surface area contributed by atoms with Gasteiger partial charge in [-0.2, -0.15) is 5.10 Å². The lowest BCUT2D eigenvalue weighted by Crippen LogP contribution is -2.36. The van der Waals surface area contributed by atoms with Gasteiger partial charge in [0.2, 0.25) is 0 Å². The average molecular weight is 320 g/mol. The summed E-state index contributed by atoms with van der Waals surface area (Å²) in [7, 11) is 0. The SMILES string of the molecule is O=C(Nc1cc2n(n1)CCCC2)N[C@H](c1ccccc1)C(F)F. The lowest BCUT2D eigenvalue weighted by atomic mass is 10.1. The van der Waals surface area contributed by atoms with Crippen LogP contribution in [0.25, 0.3) is 0 Å². The number of aromatic nitrogens is 2. The van der Waals surface area contributed by atoms with Gasteiger partial charge < -0.3 is 5.32 Å². The third kappa shape index (κ3) is 3.67. The molecule has 7 heteroatoms. The topological polar surface area (TPSA) is 59.0 Å². The number of amides is 2. The molecule has 2 N–H and O–H groups in total. The van der Waals surface area contributed by atoms with Crippen molar-refractivity contribution in [1.82, 2.24) is 15.1 Å². The normalized spacial score (nSPS) is 15.1. The Bertz CT molecular complexity index is 648. The Labute approximate surface area is 132 Å². The molecule has 0 unspecified atom stereocenters. The van der Waals surface area contributed by atoms with Crippen molar-refractivity contribution in [2.24, 2.45) is 0 Å². The van der Waals surface area contributed by atoms with Crippen LogP contribution in [0.4, 0.5) is 19.4 Å². The zero-order chi connectivity index (χ0) is 16.2. The van der Waals surface area contributed by atoms with E-state index in [0.29, 0.717) is 11.4 Å². The van der Waals surface area contributed by atoms with Gasteiger partial charge in [0.05, 0.1) is 0 Å². The van der Waals surface area contributed by atoms with E-state index in [1.165, 1.54) is 0 Å². The number of urea groups is 1. The second-order valence-electron chi connectivity index (χ2n) is 5.52. The molecule has 0 aliphatic carbocycles. The molecule has 1 aliphatic rings. The summed E-state index contributed by atoms with van der Waals surface area (Å²) in [6.07, 6.45) is 0.374. The number of carbonyl (C=O) groups excluding carboxylic acids is 1. The first-order valence-electron chi connectivity index (χ1n) is 7.61. The maximum atomic E-state index is 13.2. The van der Waals surface area contributed by atoms with Crippen molar-refractivity contribution in [3.05, 3.63) is 47.7 Å². The Morgan fingerprint density at radius 1 is 1.22 bits per heavy atom. The predicted molar refractivity (Wildman–Crippen MR) is 82.5 cm³/mol. The van der Waals surface area contributed by atoms with Crippen LogP contribution in [-0.2, 0) is 13.0 Å². The third-order valence-electron chi connectivity index (χ3n) is 3.86. The van der Waals surface area contributed by atoms with E-state index in [1.54, 1.807) is 36.4 Å². The molecular weight excluding hydrogens is 302 g/mol. The first-order chi connectivity index (χ1) is 11.1. The molecule has 0 saturated heterocycles. The molecule has 1 atom stereocenters. The van der Waals surface area contributed by atoms with Crippen LogP contribution >= 0.6 is 0 Å². The quantitative estimate of drug-likeness (QED) is 0.907. The zero-order valence-corrected chi connectivity index (χ0v) is 12.5. The van der Waals surface area contributed by atoms with Crippen LogP contribution in [0.1, 0.15) is 30.1 Å². The Kier molecular flexibility index (Phi) is 4.55. The van der Waals surface area contributed by atoms with Crippen molar-refractivity contribution in [2.75, 3.05) is 5.32 Å². The summed E-state index contributed by atoms with van der Waals surface area (Å²) in [4.78, 5) is 12.0. The average Bonchev–Trinajstić information content (AvgIpc) is 2.95. The van der Waals surface area contributed by atoms with Gasteiger partial charge in [0.15, 0.2) is 5.82 Å². The predicted octanol–water partition coefficient (Wildman–Crippen LogP) is 3.35. The van der Waals surface area contributed by atoms with Crippen LogP contribution in [0.2, 0.25) is 0 Å². The van der Waals surface area contributed by atoms with Gasteiger partial charge in [0, 0.05) is 18.3 Å². The molecule has 1 aromatic carbocycles. The summed E-state index contributed by atoms with van der Waals surface area (Å²) in [5, 5.41) is 9.12. The molecule has 2 aromatic rings. The number of hydrogen-bond donors (Lipinski definition) is 2. The molecule has 3 rings (SSSR count). The van der Waals surface area contributed by atoms with Crippen molar-refractivity contribution < 1.29 is 13.6 Å². The van der Waals surface area contributed by atoms with E-state index in [9.17, 15) is 13.6 Å². The monoisotopic (exact) mass is 320 g/mol. The number of aryl methyl sites for hydroxylation is 2. The number of alkyl halides is 2. The van der Waals surface area contributed by atoms with Crippen LogP contribution in [0, 0.1) is 0 Å². The van der Waals surface area contributed by atoms with Gasteiger partial charge in [-0.25, -0.2) is 13.6 Å². The van der Waals surface area contributed by atoms with Crippen molar-refractivity contribution in [2.45, 2.75) is 38.3 Å². The maximum absolute atomic E-state index is 13.2. The number of halogens is 2. The van der Waals surface area contributed by atoms with Gasteiger partial charge >= 0.3 is 6.03 Å². The Balaban J connectivity index is 1.66. The zero-order valence-electron chi connectivity index (χ0n) is 12.5. The fraction of sp³-hybridized carbons (Fsp3) is 0.375. The highest BCUT2D eigenvalue weighted by Gasteiger charge is 2.24. The molecule has 5 nitrogen and oxygen atoms in total. The van der Waals surface area contributed by atoms with Crippen molar-refractivity contribution in [3.63, 3.8) is 0 Å². The highest BCUT2D eigenvalue weighted by atomic mass is 19.3. The Morgan fingerprint density at radius 3 is 2.70 bits per heavy atom. The second kappa shape index (κ2) is 6.76. The minimum Gasteiger partial charge on any atom is -0.325 e. The van der Waals surface area contributed by atoms with Crippen LogP contribution in [0.3, 0.4) is 0 Å². The van der Waals surface area contributed by atoms with Crippen LogP contribution in [0.5, 0.6) is 0 Å². The maximum Gasteiger partial charge on any atom is 0.321 e. The molecule has 0 radical (unpaired) electrons.